The number of likely N-dealkylation sites (tertiary alicyclic amines) is 1. The Morgan fingerprint density at radius 1 is 1.43 bits per heavy atom. The lowest BCUT2D eigenvalue weighted by atomic mass is 10.0. The third-order valence-corrected chi connectivity index (χ3v) is 4.15. The fourth-order valence-electron chi connectivity index (χ4n) is 2.96. The highest BCUT2D eigenvalue weighted by Crippen LogP contribution is 2.33. The van der Waals surface area contributed by atoms with Gasteiger partial charge in [0.2, 0.25) is 5.89 Å². The van der Waals surface area contributed by atoms with Crippen LogP contribution in [0.25, 0.3) is 0 Å². The summed E-state index contributed by atoms with van der Waals surface area (Å²) in [6.45, 7) is 3.89. The lowest BCUT2D eigenvalue weighted by molar-refractivity contribution is 0.212. The van der Waals surface area contributed by atoms with Crippen molar-refractivity contribution in [2.45, 2.75) is 45.2 Å². The lowest BCUT2D eigenvalue weighted by Gasteiger charge is -2.23. The summed E-state index contributed by atoms with van der Waals surface area (Å²) in [5.41, 5.74) is 1.27. The molecule has 0 amide bonds. The first-order chi connectivity index (χ1) is 10.3. The van der Waals surface area contributed by atoms with E-state index in [2.05, 4.69) is 34.1 Å². The predicted molar refractivity (Wildman–Crippen MR) is 82.1 cm³/mol. The molecule has 0 saturated carbocycles. The Balaban J connectivity index is 1.71. The van der Waals surface area contributed by atoms with E-state index in [0.29, 0.717) is 18.5 Å². The van der Waals surface area contributed by atoms with E-state index in [1.165, 1.54) is 12.0 Å². The molecule has 1 saturated heterocycles. The number of rotatable bonds is 5. The van der Waals surface area contributed by atoms with Crippen LogP contribution in [0.3, 0.4) is 0 Å². The molecule has 2 aromatic rings. The molecular formula is C16H20ClN3O. The monoisotopic (exact) mass is 305 g/mol. The summed E-state index contributed by atoms with van der Waals surface area (Å²) in [5.74, 6) is 1.53. The SMILES string of the molecule is CCCc1noc(CN2CCCC2c2cccc(Cl)c2)n1. The summed E-state index contributed by atoms with van der Waals surface area (Å²) in [6, 6.07) is 8.52. The van der Waals surface area contributed by atoms with E-state index in [9.17, 15) is 0 Å². The number of benzene rings is 1. The minimum Gasteiger partial charge on any atom is -0.338 e. The average molecular weight is 306 g/mol. The predicted octanol–water partition coefficient (Wildman–Crippen LogP) is 4.01. The second kappa shape index (κ2) is 6.58. The number of nitrogens with zero attached hydrogens (tertiary/aromatic N) is 3. The zero-order valence-electron chi connectivity index (χ0n) is 12.3. The molecule has 3 rings (SSSR count). The Labute approximate surface area is 130 Å². The van der Waals surface area contributed by atoms with Crippen LogP contribution in [0.2, 0.25) is 5.02 Å². The molecule has 21 heavy (non-hydrogen) atoms. The van der Waals surface area contributed by atoms with Gasteiger partial charge in [0.25, 0.3) is 0 Å². The van der Waals surface area contributed by atoms with E-state index in [4.69, 9.17) is 16.1 Å². The van der Waals surface area contributed by atoms with Crippen LogP contribution in [0.1, 0.15) is 49.5 Å². The number of aromatic nitrogens is 2. The summed E-state index contributed by atoms with van der Waals surface area (Å²) < 4.78 is 5.36. The molecule has 5 heteroatoms. The van der Waals surface area contributed by atoms with Gasteiger partial charge >= 0.3 is 0 Å². The third kappa shape index (κ3) is 3.44. The van der Waals surface area contributed by atoms with Gasteiger partial charge in [0.1, 0.15) is 0 Å². The molecule has 1 fully saturated rings. The summed E-state index contributed by atoms with van der Waals surface area (Å²) >= 11 is 6.11. The van der Waals surface area contributed by atoms with Crippen LogP contribution in [-0.2, 0) is 13.0 Å². The Morgan fingerprint density at radius 3 is 3.14 bits per heavy atom. The summed E-state index contributed by atoms with van der Waals surface area (Å²) in [4.78, 5) is 6.86. The summed E-state index contributed by atoms with van der Waals surface area (Å²) in [7, 11) is 0. The van der Waals surface area contributed by atoms with Crippen LogP contribution in [0, 0.1) is 0 Å². The molecule has 0 bridgehead atoms. The van der Waals surface area contributed by atoms with Crippen LogP contribution in [0.15, 0.2) is 28.8 Å². The molecule has 1 aromatic heterocycles. The van der Waals surface area contributed by atoms with Crippen molar-refractivity contribution in [1.82, 2.24) is 15.0 Å². The molecule has 112 valence electrons. The van der Waals surface area contributed by atoms with Crippen molar-refractivity contribution in [3.05, 3.63) is 46.6 Å². The molecular weight excluding hydrogens is 286 g/mol. The number of hydrogen-bond donors (Lipinski definition) is 0. The fraction of sp³-hybridized carbons (Fsp3) is 0.500. The highest BCUT2D eigenvalue weighted by molar-refractivity contribution is 6.30. The normalized spacial score (nSPS) is 19.2. The Kier molecular flexibility index (Phi) is 4.56. The van der Waals surface area contributed by atoms with Crippen molar-refractivity contribution < 1.29 is 4.52 Å². The molecule has 1 unspecified atom stereocenters. The maximum Gasteiger partial charge on any atom is 0.240 e. The topological polar surface area (TPSA) is 42.2 Å². The van der Waals surface area contributed by atoms with Crippen LogP contribution in [0.4, 0.5) is 0 Å². The minimum absolute atomic E-state index is 0.394. The van der Waals surface area contributed by atoms with Crippen LogP contribution in [0.5, 0.6) is 0 Å². The number of aryl methyl sites for hydroxylation is 1. The Bertz CT molecular complexity index is 599. The van der Waals surface area contributed by atoms with Gasteiger partial charge in [0.15, 0.2) is 5.82 Å². The largest absolute Gasteiger partial charge is 0.338 e. The molecule has 4 nitrogen and oxygen atoms in total. The van der Waals surface area contributed by atoms with Gasteiger partial charge in [0, 0.05) is 17.5 Å². The first kappa shape index (κ1) is 14.5. The van der Waals surface area contributed by atoms with Crippen molar-refractivity contribution in [3.63, 3.8) is 0 Å². The molecule has 1 aromatic carbocycles. The fourth-order valence-corrected chi connectivity index (χ4v) is 3.16. The number of halogens is 1. The zero-order valence-corrected chi connectivity index (χ0v) is 13.0. The standard InChI is InChI=1S/C16H20ClN3O/c1-2-5-15-18-16(21-19-15)11-20-9-4-8-14(20)12-6-3-7-13(17)10-12/h3,6-7,10,14H,2,4-5,8-9,11H2,1H3. The van der Waals surface area contributed by atoms with Gasteiger partial charge < -0.3 is 4.52 Å². The molecule has 0 radical (unpaired) electrons. The third-order valence-electron chi connectivity index (χ3n) is 3.92. The van der Waals surface area contributed by atoms with Crippen molar-refractivity contribution >= 4 is 11.6 Å². The minimum atomic E-state index is 0.394. The quantitative estimate of drug-likeness (QED) is 0.837. The van der Waals surface area contributed by atoms with E-state index in [0.717, 1.165) is 36.7 Å². The van der Waals surface area contributed by atoms with Crippen molar-refractivity contribution in [2.75, 3.05) is 6.54 Å². The first-order valence-corrected chi connectivity index (χ1v) is 7.95. The highest BCUT2D eigenvalue weighted by atomic mass is 35.5. The van der Waals surface area contributed by atoms with E-state index < -0.39 is 0 Å². The van der Waals surface area contributed by atoms with Crippen LogP contribution < -0.4 is 0 Å². The molecule has 0 aliphatic carbocycles. The van der Waals surface area contributed by atoms with Crippen molar-refractivity contribution in [3.8, 4) is 0 Å². The maximum atomic E-state index is 6.11. The van der Waals surface area contributed by atoms with Gasteiger partial charge in [-0.1, -0.05) is 35.8 Å². The zero-order chi connectivity index (χ0) is 14.7. The van der Waals surface area contributed by atoms with Crippen molar-refractivity contribution in [2.24, 2.45) is 0 Å². The molecule has 1 aliphatic rings. The second-order valence-electron chi connectivity index (χ2n) is 5.54. The van der Waals surface area contributed by atoms with E-state index in [1.54, 1.807) is 0 Å². The van der Waals surface area contributed by atoms with Gasteiger partial charge in [-0.2, -0.15) is 4.98 Å². The molecule has 0 spiro atoms. The molecule has 1 aliphatic heterocycles. The van der Waals surface area contributed by atoms with Gasteiger partial charge in [-0.25, -0.2) is 0 Å². The van der Waals surface area contributed by atoms with E-state index in [1.807, 2.05) is 12.1 Å². The van der Waals surface area contributed by atoms with Gasteiger partial charge in [-0.3, -0.25) is 4.90 Å². The van der Waals surface area contributed by atoms with Gasteiger partial charge in [-0.05, 0) is 43.5 Å². The molecule has 2 heterocycles. The smallest absolute Gasteiger partial charge is 0.240 e. The van der Waals surface area contributed by atoms with E-state index in [-0.39, 0.29) is 0 Å². The summed E-state index contributed by atoms with van der Waals surface area (Å²) in [6.07, 6.45) is 4.25. The second-order valence-corrected chi connectivity index (χ2v) is 5.97. The first-order valence-electron chi connectivity index (χ1n) is 7.57. The maximum absolute atomic E-state index is 6.11. The van der Waals surface area contributed by atoms with Crippen LogP contribution >= 0.6 is 11.6 Å². The highest BCUT2D eigenvalue weighted by Gasteiger charge is 2.27. The van der Waals surface area contributed by atoms with Crippen LogP contribution in [-0.4, -0.2) is 21.6 Å². The Hall–Kier alpha value is -1.39. The van der Waals surface area contributed by atoms with Crippen molar-refractivity contribution in [1.29, 1.82) is 0 Å². The van der Waals surface area contributed by atoms with E-state index >= 15 is 0 Å². The lowest BCUT2D eigenvalue weighted by Crippen LogP contribution is -2.23. The van der Waals surface area contributed by atoms with Gasteiger partial charge in [0.05, 0.1) is 6.54 Å². The number of hydrogen-bond acceptors (Lipinski definition) is 4. The Morgan fingerprint density at radius 2 is 2.33 bits per heavy atom. The summed E-state index contributed by atoms with van der Waals surface area (Å²) in [5, 5.41) is 4.82. The average Bonchev–Trinajstić information content (AvgIpc) is 3.09. The molecule has 1 atom stereocenters. The van der Waals surface area contributed by atoms with Gasteiger partial charge in [-0.15, -0.1) is 0 Å². The molecule has 0 N–H and O–H groups in total.